The van der Waals surface area contributed by atoms with Gasteiger partial charge >= 0.3 is 6.03 Å². The number of nitrogens with one attached hydrogen (secondary N) is 3. The number of amides is 2. The highest BCUT2D eigenvalue weighted by Gasteiger charge is 2.25. The van der Waals surface area contributed by atoms with Gasteiger partial charge in [0.05, 0.1) is 13.2 Å². The third-order valence-electron chi connectivity index (χ3n) is 5.81. The van der Waals surface area contributed by atoms with Crippen LogP contribution in [0.5, 0.6) is 0 Å². The van der Waals surface area contributed by atoms with E-state index in [1.54, 1.807) is 13.2 Å². The van der Waals surface area contributed by atoms with E-state index < -0.39 is 0 Å². The summed E-state index contributed by atoms with van der Waals surface area (Å²) in [6.45, 7) is 8.10. The normalized spacial score (nSPS) is 19.3. The summed E-state index contributed by atoms with van der Waals surface area (Å²) in [7, 11) is 1.80. The van der Waals surface area contributed by atoms with Crippen molar-refractivity contribution < 1.29 is 9.53 Å². The van der Waals surface area contributed by atoms with Crippen LogP contribution in [-0.4, -0.2) is 73.4 Å². The summed E-state index contributed by atoms with van der Waals surface area (Å²) in [5.41, 5.74) is 3.27. The molecule has 1 aromatic heterocycles. The van der Waals surface area contributed by atoms with Crippen LogP contribution < -0.4 is 20.9 Å². The van der Waals surface area contributed by atoms with Crippen molar-refractivity contribution in [2.45, 2.75) is 25.9 Å². The standard InChI is InChI=1S/C22H31N7O2/c1-16-13-18(4-3-17(16)14-28-9-11-31-12-10-28)25-22(30)26-19-6-8-29(15-19)20-5-7-24-21(23-2)27-20/h3-5,7,13,19H,6,8-12,14-15H2,1-2H3,(H,23,24,27)(H2,25,26,30). The average molecular weight is 426 g/mol. The number of hydrogen-bond donors (Lipinski definition) is 3. The molecule has 4 rings (SSSR count). The molecule has 2 aliphatic rings. The van der Waals surface area contributed by atoms with Crippen molar-refractivity contribution in [3.63, 3.8) is 0 Å². The van der Waals surface area contributed by atoms with Crippen LogP contribution in [0.1, 0.15) is 17.5 Å². The molecular weight excluding hydrogens is 394 g/mol. The van der Waals surface area contributed by atoms with Crippen LogP contribution in [0.2, 0.25) is 0 Å². The summed E-state index contributed by atoms with van der Waals surface area (Å²) in [4.78, 5) is 25.7. The minimum absolute atomic E-state index is 0.0784. The average Bonchev–Trinajstić information content (AvgIpc) is 3.25. The van der Waals surface area contributed by atoms with E-state index in [9.17, 15) is 4.79 Å². The molecule has 3 N–H and O–H groups in total. The number of aromatic nitrogens is 2. The van der Waals surface area contributed by atoms with Crippen molar-refractivity contribution in [2.24, 2.45) is 0 Å². The second-order valence-corrected chi connectivity index (χ2v) is 8.05. The van der Waals surface area contributed by atoms with Crippen molar-refractivity contribution in [3.05, 3.63) is 41.6 Å². The number of carbonyl (C=O) groups is 1. The molecule has 2 amide bonds. The quantitative estimate of drug-likeness (QED) is 0.652. The molecule has 0 spiro atoms. The van der Waals surface area contributed by atoms with Crippen molar-refractivity contribution in [1.82, 2.24) is 20.2 Å². The van der Waals surface area contributed by atoms with Crippen molar-refractivity contribution in [2.75, 3.05) is 62.0 Å². The fourth-order valence-electron chi connectivity index (χ4n) is 4.04. The highest BCUT2D eigenvalue weighted by molar-refractivity contribution is 5.89. The summed E-state index contributed by atoms with van der Waals surface area (Å²) in [6.07, 6.45) is 2.62. The first-order chi connectivity index (χ1) is 15.1. The van der Waals surface area contributed by atoms with Crippen LogP contribution >= 0.6 is 0 Å². The summed E-state index contributed by atoms with van der Waals surface area (Å²) in [5.74, 6) is 1.47. The van der Waals surface area contributed by atoms with Crippen LogP contribution in [0.15, 0.2) is 30.5 Å². The number of urea groups is 1. The molecule has 31 heavy (non-hydrogen) atoms. The Morgan fingerprint density at radius 3 is 2.84 bits per heavy atom. The van der Waals surface area contributed by atoms with E-state index in [1.165, 1.54) is 11.1 Å². The number of carbonyl (C=O) groups excluding carboxylic acids is 1. The van der Waals surface area contributed by atoms with Crippen LogP contribution in [0.25, 0.3) is 0 Å². The number of benzene rings is 1. The Hall–Kier alpha value is -2.91. The number of ether oxygens (including phenoxy) is 1. The molecule has 1 atom stereocenters. The van der Waals surface area contributed by atoms with Gasteiger partial charge in [0.1, 0.15) is 5.82 Å². The molecule has 2 fully saturated rings. The van der Waals surface area contributed by atoms with Crippen LogP contribution in [-0.2, 0) is 11.3 Å². The number of morpholine rings is 1. The summed E-state index contributed by atoms with van der Waals surface area (Å²) in [6, 6.07) is 7.91. The molecular formula is C22H31N7O2. The first-order valence-electron chi connectivity index (χ1n) is 10.8. The van der Waals surface area contributed by atoms with E-state index >= 15 is 0 Å². The van der Waals surface area contributed by atoms with E-state index in [1.807, 2.05) is 18.2 Å². The summed E-state index contributed by atoms with van der Waals surface area (Å²) >= 11 is 0. The monoisotopic (exact) mass is 425 g/mol. The van der Waals surface area contributed by atoms with Gasteiger partial charge in [-0.25, -0.2) is 9.78 Å². The third-order valence-corrected chi connectivity index (χ3v) is 5.81. The zero-order valence-electron chi connectivity index (χ0n) is 18.2. The molecule has 9 nitrogen and oxygen atoms in total. The molecule has 3 heterocycles. The van der Waals surface area contributed by atoms with Gasteiger partial charge in [0.2, 0.25) is 5.95 Å². The zero-order valence-corrected chi connectivity index (χ0v) is 18.2. The van der Waals surface area contributed by atoms with Crippen LogP contribution in [0, 0.1) is 6.92 Å². The Morgan fingerprint density at radius 1 is 1.23 bits per heavy atom. The number of hydrogen-bond acceptors (Lipinski definition) is 7. The van der Waals surface area contributed by atoms with Gasteiger partial charge in [0, 0.05) is 57.7 Å². The van der Waals surface area contributed by atoms with E-state index in [0.29, 0.717) is 5.95 Å². The van der Waals surface area contributed by atoms with Gasteiger partial charge in [-0.2, -0.15) is 4.98 Å². The highest BCUT2D eigenvalue weighted by atomic mass is 16.5. The summed E-state index contributed by atoms with van der Waals surface area (Å²) in [5, 5.41) is 9.01. The SMILES string of the molecule is CNc1nccc(N2CCC(NC(=O)Nc3ccc(CN4CCOCC4)c(C)c3)C2)n1. The lowest BCUT2D eigenvalue weighted by Gasteiger charge is -2.27. The fraction of sp³-hybridized carbons (Fsp3) is 0.500. The molecule has 2 aromatic rings. The maximum atomic E-state index is 12.5. The van der Waals surface area contributed by atoms with Crippen molar-refractivity contribution >= 4 is 23.5 Å². The van der Waals surface area contributed by atoms with Crippen LogP contribution in [0.4, 0.5) is 22.2 Å². The zero-order chi connectivity index (χ0) is 21.6. The number of aryl methyl sites for hydroxylation is 1. The lowest BCUT2D eigenvalue weighted by Crippen LogP contribution is -2.39. The van der Waals surface area contributed by atoms with E-state index in [2.05, 4.69) is 48.7 Å². The van der Waals surface area contributed by atoms with Gasteiger partial charge in [-0.1, -0.05) is 6.07 Å². The van der Waals surface area contributed by atoms with Crippen LogP contribution in [0.3, 0.4) is 0 Å². The number of nitrogens with zero attached hydrogens (tertiary/aromatic N) is 4. The Morgan fingerprint density at radius 2 is 2.06 bits per heavy atom. The lowest BCUT2D eigenvalue weighted by atomic mass is 10.1. The summed E-state index contributed by atoms with van der Waals surface area (Å²) < 4.78 is 5.42. The molecule has 1 aromatic carbocycles. The predicted molar refractivity (Wildman–Crippen MR) is 122 cm³/mol. The fourth-order valence-corrected chi connectivity index (χ4v) is 4.04. The Bertz CT molecular complexity index is 901. The Balaban J connectivity index is 1.28. The molecule has 0 aliphatic carbocycles. The van der Waals surface area contributed by atoms with Gasteiger partial charge in [0.15, 0.2) is 0 Å². The van der Waals surface area contributed by atoms with Gasteiger partial charge < -0.3 is 25.6 Å². The molecule has 166 valence electrons. The van der Waals surface area contributed by atoms with Gasteiger partial charge in [-0.15, -0.1) is 0 Å². The molecule has 9 heteroatoms. The molecule has 2 aliphatic heterocycles. The molecule has 0 radical (unpaired) electrons. The maximum Gasteiger partial charge on any atom is 0.319 e. The molecule has 2 saturated heterocycles. The minimum Gasteiger partial charge on any atom is -0.379 e. The lowest BCUT2D eigenvalue weighted by molar-refractivity contribution is 0.0341. The van der Waals surface area contributed by atoms with Gasteiger partial charge in [0.25, 0.3) is 0 Å². The highest BCUT2D eigenvalue weighted by Crippen LogP contribution is 2.20. The second-order valence-electron chi connectivity index (χ2n) is 8.05. The van der Waals surface area contributed by atoms with E-state index in [4.69, 9.17) is 4.74 Å². The first-order valence-corrected chi connectivity index (χ1v) is 10.8. The number of rotatable bonds is 6. The van der Waals surface area contributed by atoms with E-state index in [0.717, 1.165) is 63.9 Å². The molecule has 1 unspecified atom stereocenters. The second kappa shape index (κ2) is 9.93. The largest absolute Gasteiger partial charge is 0.379 e. The maximum absolute atomic E-state index is 12.5. The first kappa shape index (κ1) is 21.3. The predicted octanol–water partition coefficient (Wildman–Crippen LogP) is 2.06. The van der Waals surface area contributed by atoms with Crippen molar-refractivity contribution in [3.8, 4) is 0 Å². The topological polar surface area (TPSA) is 94.7 Å². The van der Waals surface area contributed by atoms with Gasteiger partial charge in [-0.05, 0) is 42.7 Å². The van der Waals surface area contributed by atoms with E-state index in [-0.39, 0.29) is 12.1 Å². The third kappa shape index (κ3) is 5.62. The molecule has 0 bridgehead atoms. The Kier molecular flexibility index (Phi) is 6.83. The number of anilines is 3. The van der Waals surface area contributed by atoms with Gasteiger partial charge in [-0.3, -0.25) is 4.90 Å². The van der Waals surface area contributed by atoms with Crippen molar-refractivity contribution in [1.29, 1.82) is 0 Å². The Labute approximate surface area is 183 Å². The smallest absolute Gasteiger partial charge is 0.319 e. The minimum atomic E-state index is -0.175. The molecule has 0 saturated carbocycles.